The first-order chi connectivity index (χ1) is 8.08. The second-order valence-corrected chi connectivity index (χ2v) is 4.30. The third-order valence-corrected chi connectivity index (χ3v) is 2.65. The van der Waals surface area contributed by atoms with Crippen molar-refractivity contribution in [1.82, 2.24) is 5.32 Å². The van der Waals surface area contributed by atoms with Gasteiger partial charge < -0.3 is 10.1 Å². The molecule has 1 rings (SSSR count). The molecule has 0 unspecified atom stereocenters. The number of nitrogens with one attached hydrogen (secondary N) is 1. The van der Waals surface area contributed by atoms with Crippen LogP contribution in [0.2, 0.25) is 0 Å². The second-order valence-electron chi connectivity index (χ2n) is 4.30. The molecule has 0 aliphatic heterocycles. The smallest absolute Gasteiger partial charge is 0.165 e. The molecule has 0 fully saturated rings. The van der Waals surface area contributed by atoms with E-state index < -0.39 is 0 Å². The van der Waals surface area contributed by atoms with Crippen molar-refractivity contribution in [3.05, 3.63) is 35.2 Å². The van der Waals surface area contributed by atoms with Crippen LogP contribution in [0.1, 0.15) is 19.4 Å². The van der Waals surface area contributed by atoms with E-state index >= 15 is 0 Å². The monoisotopic (exact) mass is 237 g/mol. The Morgan fingerprint density at radius 3 is 2.65 bits per heavy atom. The Labute approximate surface area is 102 Å². The summed E-state index contributed by atoms with van der Waals surface area (Å²) in [5.41, 5.74) is 2.11. The Bertz CT molecular complexity index is 399. The van der Waals surface area contributed by atoms with Crippen LogP contribution in [-0.4, -0.2) is 20.7 Å². The van der Waals surface area contributed by atoms with E-state index in [-0.39, 0.29) is 11.6 Å². The summed E-state index contributed by atoms with van der Waals surface area (Å²) in [5.74, 6) is 0.392. The molecule has 0 radical (unpaired) electrons. The number of hydrogen-bond acceptors (Lipinski definition) is 2. The quantitative estimate of drug-likeness (QED) is 0.849. The molecule has 1 aromatic carbocycles. The predicted molar refractivity (Wildman–Crippen MR) is 69.7 cm³/mol. The van der Waals surface area contributed by atoms with Gasteiger partial charge in [0.05, 0.1) is 7.11 Å². The van der Waals surface area contributed by atoms with E-state index in [1.807, 2.05) is 19.2 Å². The van der Waals surface area contributed by atoms with Crippen molar-refractivity contribution in [3.8, 4) is 5.75 Å². The van der Waals surface area contributed by atoms with Gasteiger partial charge in [-0.1, -0.05) is 31.6 Å². The van der Waals surface area contributed by atoms with Crippen molar-refractivity contribution in [1.29, 1.82) is 0 Å². The summed E-state index contributed by atoms with van der Waals surface area (Å²) >= 11 is 0. The average Bonchev–Trinajstić information content (AvgIpc) is 2.28. The molecule has 0 bridgehead atoms. The fraction of sp³-hybridized carbons (Fsp3) is 0.429. The summed E-state index contributed by atoms with van der Waals surface area (Å²) in [6, 6.07) is 5.01. The lowest BCUT2D eigenvalue weighted by Crippen LogP contribution is -2.13. The average molecular weight is 237 g/mol. The van der Waals surface area contributed by atoms with Crippen LogP contribution in [0.15, 0.2) is 23.8 Å². The SMILES string of the molecule is CNCC(=Cc1ccc(OC)c(F)c1)C(C)C. The minimum Gasteiger partial charge on any atom is -0.494 e. The van der Waals surface area contributed by atoms with Crippen LogP contribution >= 0.6 is 0 Å². The summed E-state index contributed by atoms with van der Waals surface area (Å²) in [6.45, 7) is 5.07. The summed E-state index contributed by atoms with van der Waals surface area (Å²) in [6.07, 6.45) is 2.02. The molecule has 3 heteroatoms. The zero-order chi connectivity index (χ0) is 12.8. The molecule has 0 aromatic heterocycles. The van der Waals surface area contributed by atoms with Crippen LogP contribution < -0.4 is 10.1 Å². The van der Waals surface area contributed by atoms with Crippen LogP contribution in [0.4, 0.5) is 4.39 Å². The molecule has 17 heavy (non-hydrogen) atoms. The highest BCUT2D eigenvalue weighted by Crippen LogP contribution is 2.20. The number of likely N-dealkylation sites (N-methyl/N-ethyl adjacent to an activating group) is 1. The van der Waals surface area contributed by atoms with Gasteiger partial charge in [0.15, 0.2) is 11.6 Å². The second kappa shape index (κ2) is 6.40. The highest BCUT2D eigenvalue weighted by Gasteiger charge is 2.05. The Hall–Kier alpha value is -1.35. The molecule has 0 amide bonds. The van der Waals surface area contributed by atoms with Crippen molar-refractivity contribution < 1.29 is 9.13 Å². The fourth-order valence-corrected chi connectivity index (χ4v) is 1.61. The predicted octanol–water partition coefficient (Wildman–Crippen LogP) is 3.09. The highest BCUT2D eigenvalue weighted by atomic mass is 19.1. The first-order valence-corrected chi connectivity index (χ1v) is 5.77. The summed E-state index contributed by atoms with van der Waals surface area (Å²) in [5, 5.41) is 3.12. The maximum absolute atomic E-state index is 13.5. The zero-order valence-electron chi connectivity index (χ0n) is 10.9. The Balaban J connectivity index is 2.99. The minimum absolute atomic E-state index is 0.280. The molecule has 0 heterocycles. The molecule has 1 N–H and O–H groups in total. The van der Waals surface area contributed by atoms with Gasteiger partial charge in [-0.3, -0.25) is 0 Å². The molecule has 0 aliphatic carbocycles. The van der Waals surface area contributed by atoms with Gasteiger partial charge in [0.2, 0.25) is 0 Å². The number of halogens is 1. The molecule has 94 valence electrons. The van der Waals surface area contributed by atoms with Gasteiger partial charge in [-0.15, -0.1) is 0 Å². The van der Waals surface area contributed by atoms with Gasteiger partial charge in [-0.05, 0) is 30.7 Å². The van der Waals surface area contributed by atoms with Crippen LogP contribution in [0.25, 0.3) is 6.08 Å². The summed E-state index contributed by atoms with van der Waals surface area (Å²) < 4.78 is 18.4. The Morgan fingerprint density at radius 2 is 2.18 bits per heavy atom. The summed E-state index contributed by atoms with van der Waals surface area (Å²) in [7, 11) is 3.37. The first-order valence-electron chi connectivity index (χ1n) is 5.77. The normalized spacial score (nSPS) is 12.0. The van der Waals surface area contributed by atoms with E-state index in [1.54, 1.807) is 6.07 Å². The van der Waals surface area contributed by atoms with Gasteiger partial charge in [-0.25, -0.2) is 4.39 Å². The molecule has 0 aliphatic rings. The largest absolute Gasteiger partial charge is 0.494 e. The zero-order valence-corrected chi connectivity index (χ0v) is 10.9. The van der Waals surface area contributed by atoms with Crippen LogP contribution in [0.5, 0.6) is 5.75 Å². The lowest BCUT2D eigenvalue weighted by atomic mass is 10.00. The van der Waals surface area contributed by atoms with Gasteiger partial charge in [0.25, 0.3) is 0 Å². The lowest BCUT2D eigenvalue weighted by Gasteiger charge is -2.11. The molecule has 1 aromatic rings. The first kappa shape index (κ1) is 13.7. The van der Waals surface area contributed by atoms with E-state index in [9.17, 15) is 4.39 Å². The third-order valence-electron chi connectivity index (χ3n) is 2.65. The topological polar surface area (TPSA) is 21.3 Å². The van der Waals surface area contributed by atoms with Crippen LogP contribution in [-0.2, 0) is 0 Å². The fourth-order valence-electron chi connectivity index (χ4n) is 1.61. The van der Waals surface area contributed by atoms with Crippen molar-refractivity contribution >= 4 is 6.08 Å². The van der Waals surface area contributed by atoms with Gasteiger partial charge in [0, 0.05) is 6.54 Å². The van der Waals surface area contributed by atoms with E-state index in [4.69, 9.17) is 4.74 Å². The molecule has 2 nitrogen and oxygen atoms in total. The van der Waals surface area contributed by atoms with E-state index in [2.05, 4.69) is 19.2 Å². The number of methoxy groups -OCH3 is 1. The van der Waals surface area contributed by atoms with Gasteiger partial charge in [-0.2, -0.15) is 0 Å². The maximum atomic E-state index is 13.5. The van der Waals surface area contributed by atoms with E-state index in [0.29, 0.717) is 5.92 Å². The van der Waals surface area contributed by atoms with Crippen LogP contribution in [0, 0.1) is 11.7 Å². The molecule has 0 atom stereocenters. The van der Waals surface area contributed by atoms with Crippen LogP contribution in [0.3, 0.4) is 0 Å². The molecule has 0 spiro atoms. The van der Waals surface area contributed by atoms with Crippen molar-refractivity contribution in [2.45, 2.75) is 13.8 Å². The molecule has 0 saturated heterocycles. The molecular weight excluding hydrogens is 217 g/mol. The third kappa shape index (κ3) is 3.86. The van der Waals surface area contributed by atoms with E-state index in [1.165, 1.54) is 18.7 Å². The minimum atomic E-state index is -0.325. The van der Waals surface area contributed by atoms with Crippen molar-refractivity contribution in [3.63, 3.8) is 0 Å². The maximum Gasteiger partial charge on any atom is 0.165 e. The Morgan fingerprint density at radius 1 is 1.47 bits per heavy atom. The van der Waals surface area contributed by atoms with Gasteiger partial charge >= 0.3 is 0 Å². The highest BCUT2D eigenvalue weighted by molar-refractivity contribution is 5.55. The summed E-state index contributed by atoms with van der Waals surface area (Å²) in [4.78, 5) is 0. The Kier molecular flexibility index (Phi) is 5.16. The standard InChI is InChI=1S/C14H20FNO/c1-10(2)12(9-16-3)7-11-5-6-14(17-4)13(15)8-11/h5-8,10,16H,9H2,1-4H3. The van der Waals surface area contributed by atoms with Crippen molar-refractivity contribution in [2.24, 2.45) is 5.92 Å². The lowest BCUT2D eigenvalue weighted by molar-refractivity contribution is 0.386. The molecular formula is C14H20FNO. The number of ether oxygens (including phenoxy) is 1. The number of rotatable bonds is 5. The number of hydrogen-bond donors (Lipinski definition) is 1. The number of benzene rings is 1. The molecule has 0 saturated carbocycles. The van der Waals surface area contributed by atoms with E-state index in [0.717, 1.165) is 12.1 Å². The van der Waals surface area contributed by atoms with Crippen molar-refractivity contribution in [2.75, 3.05) is 20.7 Å². The van der Waals surface area contributed by atoms with Gasteiger partial charge in [0.1, 0.15) is 0 Å².